The fourth-order valence-corrected chi connectivity index (χ4v) is 1.87. The molecule has 2 N–H and O–H groups in total. The van der Waals surface area contributed by atoms with Crippen molar-refractivity contribution in [1.82, 2.24) is 15.6 Å². The van der Waals surface area contributed by atoms with Gasteiger partial charge in [0.15, 0.2) is 0 Å². The molecule has 0 aromatic carbocycles. The minimum atomic E-state index is -0.539. The van der Waals surface area contributed by atoms with Crippen LogP contribution in [0.2, 0.25) is 0 Å². The summed E-state index contributed by atoms with van der Waals surface area (Å²) in [6.07, 6.45) is 3.34. The molecule has 0 radical (unpaired) electrons. The second kappa shape index (κ2) is 3.59. The van der Waals surface area contributed by atoms with Crippen LogP contribution in [0.1, 0.15) is 19.4 Å². The van der Waals surface area contributed by atoms with Gasteiger partial charge in [-0.05, 0) is 17.7 Å². The van der Waals surface area contributed by atoms with E-state index in [2.05, 4.69) is 15.6 Å². The second-order valence-electron chi connectivity index (χ2n) is 4.35. The van der Waals surface area contributed by atoms with Crippen molar-refractivity contribution in [3.8, 4) is 0 Å². The van der Waals surface area contributed by atoms with E-state index in [-0.39, 0.29) is 5.91 Å². The lowest BCUT2D eigenvalue weighted by Crippen LogP contribution is -2.45. The highest BCUT2D eigenvalue weighted by atomic mass is 16.2. The Bertz CT molecular complexity index is 428. The molecule has 5 nitrogen and oxygen atoms in total. The van der Waals surface area contributed by atoms with Gasteiger partial charge in [-0.1, -0.05) is 13.8 Å². The van der Waals surface area contributed by atoms with E-state index < -0.39 is 17.5 Å². The molecule has 2 rings (SSSR count). The molecule has 1 aromatic heterocycles. The molecular weight excluding hydrogens is 206 g/mol. The average Bonchev–Trinajstić information content (AvgIpc) is 2.60. The Balaban J connectivity index is 2.32. The van der Waals surface area contributed by atoms with Crippen LogP contribution in [0.4, 0.5) is 4.79 Å². The summed E-state index contributed by atoms with van der Waals surface area (Å²) >= 11 is 0. The fourth-order valence-electron chi connectivity index (χ4n) is 1.87. The van der Waals surface area contributed by atoms with E-state index in [9.17, 15) is 9.59 Å². The number of carbonyl (C=O) groups excluding carboxylic acids is 2. The Morgan fingerprint density at radius 1 is 1.25 bits per heavy atom. The molecule has 0 bridgehead atoms. The van der Waals surface area contributed by atoms with Gasteiger partial charge in [-0.3, -0.25) is 15.1 Å². The van der Waals surface area contributed by atoms with Gasteiger partial charge in [-0.15, -0.1) is 0 Å². The van der Waals surface area contributed by atoms with Crippen LogP contribution in [0.25, 0.3) is 0 Å². The lowest BCUT2D eigenvalue weighted by molar-refractivity contribution is -0.121. The van der Waals surface area contributed by atoms with Gasteiger partial charge in [0, 0.05) is 17.8 Å². The zero-order valence-corrected chi connectivity index (χ0v) is 9.15. The highest BCUT2D eigenvalue weighted by Crippen LogP contribution is 2.28. The van der Waals surface area contributed by atoms with Gasteiger partial charge in [0.05, 0.1) is 0 Å². The molecule has 84 valence electrons. The number of aromatic nitrogens is 1. The van der Waals surface area contributed by atoms with Crippen molar-refractivity contribution in [2.24, 2.45) is 0 Å². The normalized spacial score (nSPS) is 20.5. The first-order valence-corrected chi connectivity index (χ1v) is 5.03. The zero-order valence-electron chi connectivity index (χ0n) is 9.15. The Morgan fingerprint density at radius 3 is 2.38 bits per heavy atom. The SMILES string of the molecule is CC(C)(c1ccncc1)C1NC(=O)NC1=O. The summed E-state index contributed by atoms with van der Waals surface area (Å²) < 4.78 is 0. The van der Waals surface area contributed by atoms with Crippen molar-refractivity contribution in [1.29, 1.82) is 0 Å². The highest BCUT2D eigenvalue weighted by Gasteiger charge is 2.42. The van der Waals surface area contributed by atoms with Gasteiger partial charge >= 0.3 is 6.03 Å². The predicted octanol–water partition coefficient (Wildman–Crippen LogP) is 0.567. The maximum absolute atomic E-state index is 11.6. The quantitative estimate of drug-likeness (QED) is 0.714. The van der Waals surface area contributed by atoms with Gasteiger partial charge in [-0.2, -0.15) is 0 Å². The van der Waals surface area contributed by atoms with E-state index in [1.165, 1.54) is 0 Å². The van der Waals surface area contributed by atoms with E-state index in [0.29, 0.717) is 0 Å². The summed E-state index contributed by atoms with van der Waals surface area (Å²) in [6.45, 7) is 3.83. The van der Waals surface area contributed by atoms with Crippen LogP contribution >= 0.6 is 0 Å². The summed E-state index contributed by atoms with van der Waals surface area (Å²) in [6, 6.07) is 2.72. The van der Waals surface area contributed by atoms with Crippen LogP contribution in [0, 0.1) is 0 Å². The first-order chi connectivity index (χ1) is 7.51. The van der Waals surface area contributed by atoms with Crippen molar-refractivity contribution in [3.63, 3.8) is 0 Å². The molecule has 2 heterocycles. The number of hydrogen-bond acceptors (Lipinski definition) is 3. The Kier molecular flexibility index (Phi) is 2.38. The molecule has 1 aliphatic rings. The van der Waals surface area contributed by atoms with Gasteiger partial charge in [-0.25, -0.2) is 4.79 Å². The van der Waals surface area contributed by atoms with E-state index in [1.54, 1.807) is 12.4 Å². The lowest BCUT2D eigenvalue weighted by atomic mass is 9.78. The number of amides is 3. The average molecular weight is 219 g/mol. The lowest BCUT2D eigenvalue weighted by Gasteiger charge is -2.29. The Hall–Kier alpha value is -1.91. The molecule has 0 saturated carbocycles. The molecule has 1 aromatic rings. The van der Waals surface area contributed by atoms with Crippen LogP contribution in [0.3, 0.4) is 0 Å². The Labute approximate surface area is 93.3 Å². The van der Waals surface area contributed by atoms with Crippen LogP contribution in [0.15, 0.2) is 24.5 Å². The zero-order chi connectivity index (χ0) is 11.8. The number of nitrogens with zero attached hydrogens (tertiary/aromatic N) is 1. The fraction of sp³-hybridized carbons (Fsp3) is 0.364. The van der Waals surface area contributed by atoms with E-state index in [4.69, 9.17) is 0 Å². The minimum Gasteiger partial charge on any atom is -0.325 e. The number of pyridine rings is 1. The smallest absolute Gasteiger partial charge is 0.322 e. The third-order valence-electron chi connectivity index (χ3n) is 2.92. The third kappa shape index (κ3) is 1.64. The number of carbonyl (C=O) groups is 2. The molecule has 16 heavy (non-hydrogen) atoms. The third-order valence-corrected chi connectivity index (χ3v) is 2.92. The molecule has 0 aliphatic carbocycles. The number of nitrogens with one attached hydrogen (secondary N) is 2. The van der Waals surface area contributed by atoms with Gasteiger partial charge in [0.2, 0.25) is 0 Å². The van der Waals surface area contributed by atoms with E-state index in [0.717, 1.165) is 5.56 Å². The molecule has 3 amide bonds. The van der Waals surface area contributed by atoms with Crippen LogP contribution < -0.4 is 10.6 Å². The summed E-state index contributed by atoms with van der Waals surface area (Å²) in [5.74, 6) is -0.285. The van der Waals surface area contributed by atoms with E-state index in [1.807, 2.05) is 26.0 Å². The van der Waals surface area contributed by atoms with Crippen molar-refractivity contribution in [2.75, 3.05) is 0 Å². The predicted molar refractivity (Wildman–Crippen MR) is 57.7 cm³/mol. The monoisotopic (exact) mass is 219 g/mol. The molecule has 0 spiro atoms. The van der Waals surface area contributed by atoms with Crippen molar-refractivity contribution < 1.29 is 9.59 Å². The van der Waals surface area contributed by atoms with Gasteiger partial charge in [0.1, 0.15) is 6.04 Å². The van der Waals surface area contributed by atoms with Crippen molar-refractivity contribution in [2.45, 2.75) is 25.3 Å². The largest absolute Gasteiger partial charge is 0.325 e. The standard InChI is InChI=1S/C11H13N3O2/c1-11(2,7-3-5-12-6-4-7)8-9(15)14-10(16)13-8/h3-6,8H,1-2H3,(H2,13,14,15,16). The van der Waals surface area contributed by atoms with Crippen molar-refractivity contribution in [3.05, 3.63) is 30.1 Å². The summed E-state index contributed by atoms with van der Waals surface area (Å²) in [4.78, 5) is 26.6. The molecule has 1 unspecified atom stereocenters. The van der Waals surface area contributed by atoms with Crippen LogP contribution in [0.5, 0.6) is 0 Å². The van der Waals surface area contributed by atoms with Gasteiger partial charge in [0.25, 0.3) is 5.91 Å². The molecule has 1 aliphatic heterocycles. The first-order valence-electron chi connectivity index (χ1n) is 5.03. The maximum Gasteiger partial charge on any atom is 0.322 e. The molecule has 1 atom stereocenters. The Morgan fingerprint density at radius 2 is 1.88 bits per heavy atom. The highest BCUT2D eigenvalue weighted by molar-refractivity contribution is 6.05. The summed E-state index contributed by atoms with van der Waals surface area (Å²) in [7, 11) is 0. The number of imide groups is 1. The van der Waals surface area contributed by atoms with Crippen LogP contribution in [-0.2, 0) is 10.2 Å². The number of hydrogen-bond donors (Lipinski definition) is 2. The summed E-state index contributed by atoms with van der Waals surface area (Å²) in [5, 5.41) is 4.86. The first kappa shape index (κ1) is 10.6. The molecule has 1 fully saturated rings. The van der Waals surface area contributed by atoms with Gasteiger partial charge < -0.3 is 5.32 Å². The van der Waals surface area contributed by atoms with Crippen molar-refractivity contribution >= 4 is 11.9 Å². The molecule has 5 heteroatoms. The minimum absolute atomic E-state index is 0.285. The molecule has 1 saturated heterocycles. The second-order valence-corrected chi connectivity index (χ2v) is 4.35. The number of rotatable bonds is 2. The summed E-state index contributed by atoms with van der Waals surface area (Å²) in [5.41, 5.74) is 0.504. The topological polar surface area (TPSA) is 71.1 Å². The number of urea groups is 1. The maximum atomic E-state index is 11.6. The van der Waals surface area contributed by atoms with Crippen LogP contribution in [-0.4, -0.2) is 23.0 Å². The molecular formula is C11H13N3O2. The van der Waals surface area contributed by atoms with E-state index >= 15 is 0 Å².